The first-order chi connectivity index (χ1) is 13.9. The smallest absolute Gasteiger partial charge is 0.255 e. The highest BCUT2D eigenvalue weighted by Gasteiger charge is 2.41. The molecule has 9 nitrogen and oxygen atoms in total. The van der Waals surface area contributed by atoms with Gasteiger partial charge in [-0.2, -0.15) is 0 Å². The predicted molar refractivity (Wildman–Crippen MR) is 109 cm³/mol. The van der Waals surface area contributed by atoms with Crippen LogP contribution in [-0.4, -0.2) is 51.1 Å². The van der Waals surface area contributed by atoms with Crippen molar-refractivity contribution in [1.29, 1.82) is 0 Å². The quantitative estimate of drug-likeness (QED) is 0.704. The zero-order valence-electron chi connectivity index (χ0n) is 16.2. The van der Waals surface area contributed by atoms with Crippen LogP contribution in [0.5, 0.6) is 0 Å². The molecular weight excluding hydrogens is 392 g/mol. The number of nitrogens with one attached hydrogen (secondary N) is 3. The lowest BCUT2D eigenvalue weighted by Gasteiger charge is -2.40. The van der Waals surface area contributed by atoms with E-state index < -0.39 is 11.7 Å². The van der Waals surface area contributed by atoms with Crippen LogP contribution in [0.25, 0.3) is 0 Å². The van der Waals surface area contributed by atoms with Crippen molar-refractivity contribution in [3.8, 4) is 0 Å². The number of hydrogen-bond donors (Lipinski definition) is 3. The fourth-order valence-electron chi connectivity index (χ4n) is 3.75. The number of nitrogens with zero attached hydrogens (tertiary/aromatic N) is 3. The van der Waals surface area contributed by atoms with Crippen molar-refractivity contribution in [2.75, 3.05) is 17.2 Å². The molecule has 1 aromatic heterocycles. The molecule has 152 valence electrons. The summed E-state index contributed by atoms with van der Waals surface area (Å²) in [5.41, 5.74) is 0.641. The third-order valence-electron chi connectivity index (χ3n) is 5.37. The largest absolute Gasteiger partial charge is 0.362 e. The molecule has 0 unspecified atom stereocenters. The number of carbonyl (C=O) groups excluding carboxylic acids is 3. The third-order valence-corrected chi connectivity index (χ3v) is 6.12. The van der Waals surface area contributed by atoms with Crippen molar-refractivity contribution in [1.82, 2.24) is 20.4 Å². The van der Waals surface area contributed by atoms with Crippen molar-refractivity contribution < 1.29 is 14.4 Å². The Morgan fingerprint density at radius 2 is 2.03 bits per heavy atom. The molecule has 1 fully saturated rings. The average Bonchev–Trinajstić information content (AvgIpc) is 3.04. The zero-order chi connectivity index (χ0) is 20.6. The summed E-state index contributed by atoms with van der Waals surface area (Å²) in [6.07, 6.45) is 1.17. The highest BCUT2D eigenvalue weighted by atomic mass is 32.1. The summed E-state index contributed by atoms with van der Waals surface area (Å²) in [4.78, 5) is 39.5. The van der Waals surface area contributed by atoms with Crippen molar-refractivity contribution in [2.45, 2.75) is 44.8 Å². The molecule has 2 atom stereocenters. The molecule has 0 radical (unpaired) electrons. The number of para-hydroxylation sites is 1. The summed E-state index contributed by atoms with van der Waals surface area (Å²) in [6.45, 7) is 3.84. The molecule has 2 aliphatic heterocycles. The SMILES string of the molecule is Cc1nnc(NC(=O)[C@@H](C)N2CC[C@@]3(CCC2=O)NC(=O)c2ccccc2N3)s1. The van der Waals surface area contributed by atoms with E-state index in [2.05, 4.69) is 26.1 Å². The van der Waals surface area contributed by atoms with Crippen LogP contribution in [-0.2, 0) is 9.59 Å². The fourth-order valence-corrected chi connectivity index (χ4v) is 4.34. The van der Waals surface area contributed by atoms with Gasteiger partial charge in [0.1, 0.15) is 16.7 Å². The van der Waals surface area contributed by atoms with E-state index in [9.17, 15) is 14.4 Å². The molecular formula is C19H22N6O3S. The Morgan fingerprint density at radius 1 is 1.24 bits per heavy atom. The summed E-state index contributed by atoms with van der Waals surface area (Å²) < 4.78 is 0. The molecule has 4 rings (SSSR count). The number of likely N-dealkylation sites (tertiary alicyclic amines) is 1. The van der Waals surface area contributed by atoms with Gasteiger partial charge in [-0.3, -0.25) is 19.7 Å². The van der Waals surface area contributed by atoms with Gasteiger partial charge in [-0.1, -0.05) is 23.5 Å². The van der Waals surface area contributed by atoms with Crippen LogP contribution in [0.1, 0.15) is 41.6 Å². The van der Waals surface area contributed by atoms with Crippen LogP contribution in [0.3, 0.4) is 0 Å². The molecule has 3 N–H and O–H groups in total. The Hall–Kier alpha value is -3.01. The number of aromatic nitrogens is 2. The molecule has 10 heteroatoms. The Bertz CT molecular complexity index is 976. The fraction of sp³-hybridized carbons (Fsp3) is 0.421. The van der Waals surface area contributed by atoms with E-state index in [-0.39, 0.29) is 24.1 Å². The normalized spacial score (nSPS) is 22.3. The average molecular weight is 414 g/mol. The van der Waals surface area contributed by atoms with Crippen molar-refractivity contribution in [3.63, 3.8) is 0 Å². The highest BCUT2D eigenvalue weighted by molar-refractivity contribution is 7.15. The lowest BCUT2D eigenvalue weighted by Crippen LogP contribution is -2.58. The number of carbonyl (C=O) groups is 3. The van der Waals surface area contributed by atoms with Crippen LogP contribution in [0.4, 0.5) is 10.8 Å². The second-order valence-corrected chi connectivity index (χ2v) is 8.52. The molecule has 2 aromatic rings. The van der Waals surface area contributed by atoms with Crippen molar-refractivity contribution in [3.05, 3.63) is 34.8 Å². The van der Waals surface area contributed by atoms with Gasteiger partial charge in [0.25, 0.3) is 5.91 Å². The van der Waals surface area contributed by atoms with Gasteiger partial charge in [-0.05, 0) is 32.4 Å². The van der Waals surface area contributed by atoms with Crippen LogP contribution in [0.15, 0.2) is 24.3 Å². The first kappa shape index (κ1) is 19.3. The van der Waals surface area contributed by atoms with Gasteiger partial charge < -0.3 is 15.5 Å². The van der Waals surface area contributed by atoms with Crippen LogP contribution >= 0.6 is 11.3 Å². The predicted octanol–water partition coefficient (Wildman–Crippen LogP) is 1.74. The highest BCUT2D eigenvalue weighted by Crippen LogP contribution is 2.32. The van der Waals surface area contributed by atoms with Gasteiger partial charge in [-0.25, -0.2) is 0 Å². The van der Waals surface area contributed by atoms with Gasteiger partial charge in [-0.15, -0.1) is 10.2 Å². The monoisotopic (exact) mass is 414 g/mol. The Balaban J connectivity index is 1.48. The lowest BCUT2D eigenvalue weighted by atomic mass is 9.95. The van der Waals surface area contributed by atoms with Crippen molar-refractivity contribution in [2.24, 2.45) is 0 Å². The van der Waals surface area contributed by atoms with E-state index in [0.717, 1.165) is 10.7 Å². The summed E-state index contributed by atoms with van der Waals surface area (Å²) in [5.74, 6) is -0.581. The molecule has 3 heterocycles. The number of benzene rings is 1. The van der Waals surface area contributed by atoms with E-state index in [4.69, 9.17) is 0 Å². The lowest BCUT2D eigenvalue weighted by molar-refractivity contribution is -0.137. The minimum absolute atomic E-state index is 0.118. The second-order valence-electron chi connectivity index (χ2n) is 7.34. The maximum absolute atomic E-state index is 12.7. The van der Waals surface area contributed by atoms with Crippen LogP contribution in [0, 0.1) is 6.92 Å². The summed E-state index contributed by atoms with van der Waals surface area (Å²) in [6, 6.07) is 6.65. The van der Waals surface area contributed by atoms with Crippen molar-refractivity contribution >= 4 is 39.9 Å². The number of aryl methyl sites for hydroxylation is 1. The zero-order valence-corrected chi connectivity index (χ0v) is 17.0. The molecule has 2 aliphatic rings. The standard InChI is InChI=1S/C19H22N6O3S/c1-11(16(27)20-18-24-23-12(2)29-18)25-10-9-19(8-7-15(25)26)21-14-6-4-3-5-13(14)17(28)22-19/h3-6,11,21H,7-10H2,1-2H3,(H,22,28)(H,20,24,27)/t11-,19-/m1/s1. The van der Waals surface area contributed by atoms with E-state index in [1.54, 1.807) is 24.8 Å². The Labute approximate surface area is 171 Å². The number of rotatable bonds is 3. The summed E-state index contributed by atoms with van der Waals surface area (Å²) in [7, 11) is 0. The summed E-state index contributed by atoms with van der Waals surface area (Å²) in [5, 5.41) is 18.1. The maximum atomic E-state index is 12.7. The van der Waals surface area contributed by atoms with Gasteiger partial charge >= 0.3 is 0 Å². The van der Waals surface area contributed by atoms with Gasteiger partial charge in [0, 0.05) is 25.1 Å². The van der Waals surface area contributed by atoms with E-state index in [1.165, 1.54) is 11.3 Å². The molecule has 0 aliphatic carbocycles. The van der Waals surface area contributed by atoms with E-state index in [0.29, 0.717) is 30.1 Å². The Morgan fingerprint density at radius 3 is 2.79 bits per heavy atom. The van der Waals surface area contributed by atoms with Gasteiger partial charge in [0.15, 0.2) is 0 Å². The van der Waals surface area contributed by atoms with Gasteiger partial charge in [0.05, 0.1) is 5.56 Å². The minimum Gasteiger partial charge on any atom is -0.362 e. The maximum Gasteiger partial charge on any atom is 0.255 e. The number of anilines is 2. The molecule has 1 saturated heterocycles. The van der Waals surface area contributed by atoms with Crippen LogP contribution < -0.4 is 16.0 Å². The van der Waals surface area contributed by atoms with E-state index in [1.807, 2.05) is 18.2 Å². The molecule has 29 heavy (non-hydrogen) atoms. The molecule has 3 amide bonds. The van der Waals surface area contributed by atoms with Crippen LogP contribution in [0.2, 0.25) is 0 Å². The topological polar surface area (TPSA) is 116 Å². The second kappa shape index (κ2) is 7.43. The minimum atomic E-state index is -0.706. The van der Waals surface area contributed by atoms with Gasteiger partial charge in [0.2, 0.25) is 16.9 Å². The molecule has 0 saturated carbocycles. The molecule has 0 bridgehead atoms. The molecule has 1 spiro atoms. The van der Waals surface area contributed by atoms with E-state index >= 15 is 0 Å². The number of amides is 3. The number of hydrogen-bond acceptors (Lipinski definition) is 7. The Kier molecular flexibility index (Phi) is 4.95. The number of fused-ring (bicyclic) bond motifs is 1. The first-order valence-corrected chi connectivity index (χ1v) is 10.3. The molecule has 1 aromatic carbocycles. The summed E-state index contributed by atoms with van der Waals surface area (Å²) >= 11 is 1.28. The third kappa shape index (κ3) is 3.80. The first-order valence-electron chi connectivity index (χ1n) is 9.47.